The van der Waals surface area contributed by atoms with Gasteiger partial charge in [0.1, 0.15) is 12.1 Å². The lowest BCUT2D eigenvalue weighted by molar-refractivity contribution is 0.217. The van der Waals surface area contributed by atoms with Crippen molar-refractivity contribution >= 4 is 11.9 Å². The van der Waals surface area contributed by atoms with Crippen LogP contribution in [0.4, 0.5) is 11.9 Å². The van der Waals surface area contributed by atoms with E-state index in [2.05, 4.69) is 53.2 Å². The quantitative estimate of drug-likeness (QED) is 0.818. The van der Waals surface area contributed by atoms with Gasteiger partial charge in [0.15, 0.2) is 0 Å². The van der Waals surface area contributed by atoms with Crippen LogP contribution in [0.3, 0.4) is 0 Å². The predicted octanol–water partition coefficient (Wildman–Crippen LogP) is 2.85. The Balaban J connectivity index is 1.90. The number of nitrogens with zero attached hydrogens (tertiary/aromatic N) is 3. The summed E-state index contributed by atoms with van der Waals surface area (Å²) in [4.78, 5) is 11.8. The number of benzene rings is 1. The van der Waals surface area contributed by atoms with Gasteiger partial charge in [0.05, 0.1) is 6.10 Å². The Morgan fingerprint density at radius 1 is 1.18 bits per heavy atom. The van der Waals surface area contributed by atoms with E-state index >= 15 is 0 Å². The summed E-state index contributed by atoms with van der Waals surface area (Å²) in [5.41, 5.74) is 6.76. The Labute approximate surface area is 131 Å². The van der Waals surface area contributed by atoms with Gasteiger partial charge in [-0.1, -0.05) is 26.0 Å². The zero-order valence-electron chi connectivity index (χ0n) is 13.3. The van der Waals surface area contributed by atoms with Gasteiger partial charge in [0.2, 0.25) is 11.9 Å². The maximum atomic E-state index is 5.78. The average molecular weight is 301 g/mol. The van der Waals surface area contributed by atoms with Crippen molar-refractivity contribution in [1.82, 2.24) is 15.0 Å². The first kappa shape index (κ1) is 16.0. The summed E-state index contributed by atoms with van der Waals surface area (Å²) >= 11 is 0. The summed E-state index contributed by atoms with van der Waals surface area (Å²) < 4.78 is 5.78. The molecular formula is C16H23N5O. The number of aromatic nitrogens is 3. The number of hydrogen-bond acceptors (Lipinski definition) is 6. The van der Waals surface area contributed by atoms with Crippen LogP contribution in [0.2, 0.25) is 0 Å². The largest absolute Gasteiger partial charge is 0.491 e. The molecule has 0 aliphatic carbocycles. The number of rotatable bonds is 7. The lowest BCUT2D eigenvalue weighted by Crippen LogP contribution is -2.13. The molecule has 1 aromatic carbocycles. The van der Waals surface area contributed by atoms with Crippen LogP contribution in [-0.2, 0) is 0 Å². The van der Waals surface area contributed by atoms with Gasteiger partial charge in [0.25, 0.3) is 0 Å². The Morgan fingerprint density at radius 3 is 2.55 bits per heavy atom. The van der Waals surface area contributed by atoms with Crippen molar-refractivity contribution in [2.75, 3.05) is 17.6 Å². The van der Waals surface area contributed by atoms with E-state index in [0.717, 1.165) is 18.7 Å². The Morgan fingerprint density at radius 2 is 1.91 bits per heavy atom. The van der Waals surface area contributed by atoms with Crippen molar-refractivity contribution in [2.45, 2.75) is 39.2 Å². The van der Waals surface area contributed by atoms with Crippen LogP contribution in [0.15, 0.2) is 30.6 Å². The second-order valence-electron chi connectivity index (χ2n) is 5.35. The van der Waals surface area contributed by atoms with Crippen molar-refractivity contribution in [3.63, 3.8) is 0 Å². The third kappa shape index (κ3) is 4.58. The van der Waals surface area contributed by atoms with Crippen molar-refractivity contribution in [3.8, 4) is 5.75 Å². The highest BCUT2D eigenvalue weighted by Gasteiger charge is 2.08. The number of nitrogens with two attached hydrogens (primary N) is 1. The second kappa shape index (κ2) is 7.59. The SMILES string of the molecule is CC[C@H](C)Oc1ccc([C@H](C)CNc2ncnc(N)n2)cc1. The molecule has 6 nitrogen and oxygen atoms in total. The Hall–Kier alpha value is -2.37. The smallest absolute Gasteiger partial charge is 0.227 e. The molecule has 2 aromatic rings. The highest BCUT2D eigenvalue weighted by Crippen LogP contribution is 2.20. The lowest BCUT2D eigenvalue weighted by atomic mass is 10.0. The first-order valence-corrected chi connectivity index (χ1v) is 7.53. The topological polar surface area (TPSA) is 86.0 Å². The highest BCUT2D eigenvalue weighted by molar-refractivity contribution is 5.32. The summed E-state index contributed by atoms with van der Waals surface area (Å²) in [5.74, 6) is 1.94. The molecular weight excluding hydrogens is 278 g/mol. The standard InChI is InChI=1S/C16H23N5O/c1-4-12(3)22-14-7-5-13(6-8-14)11(2)9-18-16-20-10-19-15(17)21-16/h5-8,10-12H,4,9H2,1-3H3,(H3,17,18,19,20,21)/t11-,12+/m1/s1. The Kier molecular flexibility index (Phi) is 5.52. The molecule has 3 N–H and O–H groups in total. The number of hydrogen-bond donors (Lipinski definition) is 2. The zero-order chi connectivity index (χ0) is 15.9. The number of ether oxygens (including phenoxy) is 1. The molecule has 0 radical (unpaired) electrons. The van der Waals surface area contributed by atoms with Crippen LogP contribution in [0, 0.1) is 0 Å². The fraction of sp³-hybridized carbons (Fsp3) is 0.438. The minimum atomic E-state index is 0.219. The van der Waals surface area contributed by atoms with Gasteiger partial charge in [-0.25, -0.2) is 9.97 Å². The molecule has 22 heavy (non-hydrogen) atoms. The fourth-order valence-electron chi connectivity index (χ4n) is 1.95. The van der Waals surface area contributed by atoms with Gasteiger partial charge in [-0.2, -0.15) is 4.98 Å². The minimum absolute atomic E-state index is 0.219. The van der Waals surface area contributed by atoms with Gasteiger partial charge >= 0.3 is 0 Å². The maximum Gasteiger partial charge on any atom is 0.227 e. The molecule has 1 aromatic heterocycles. The van der Waals surface area contributed by atoms with E-state index in [0.29, 0.717) is 11.9 Å². The van der Waals surface area contributed by atoms with E-state index in [9.17, 15) is 0 Å². The molecule has 0 aliphatic heterocycles. The highest BCUT2D eigenvalue weighted by atomic mass is 16.5. The molecule has 118 valence electrons. The molecule has 6 heteroatoms. The van der Waals surface area contributed by atoms with Gasteiger partial charge in [-0.05, 0) is 37.0 Å². The molecule has 0 amide bonds. The summed E-state index contributed by atoms with van der Waals surface area (Å²) in [6, 6.07) is 8.20. The van der Waals surface area contributed by atoms with Crippen LogP contribution >= 0.6 is 0 Å². The summed E-state index contributed by atoms with van der Waals surface area (Å²) in [7, 11) is 0. The van der Waals surface area contributed by atoms with Crippen LogP contribution in [-0.4, -0.2) is 27.6 Å². The third-order valence-corrected chi connectivity index (χ3v) is 3.52. The van der Waals surface area contributed by atoms with E-state index in [1.54, 1.807) is 0 Å². The molecule has 0 aliphatic rings. The number of nitrogen functional groups attached to an aromatic ring is 1. The number of anilines is 2. The molecule has 0 saturated heterocycles. The third-order valence-electron chi connectivity index (χ3n) is 3.52. The summed E-state index contributed by atoms with van der Waals surface area (Å²) in [6.45, 7) is 7.04. The van der Waals surface area contributed by atoms with Gasteiger partial charge in [-0.15, -0.1) is 0 Å². The van der Waals surface area contributed by atoms with Crippen LogP contribution in [0.1, 0.15) is 38.7 Å². The molecule has 0 bridgehead atoms. The van der Waals surface area contributed by atoms with E-state index in [4.69, 9.17) is 10.5 Å². The van der Waals surface area contributed by atoms with Crippen LogP contribution in [0.5, 0.6) is 5.75 Å². The lowest BCUT2D eigenvalue weighted by Gasteiger charge is -2.15. The number of nitrogens with one attached hydrogen (secondary N) is 1. The van der Waals surface area contributed by atoms with Gasteiger partial charge in [0, 0.05) is 6.54 Å². The van der Waals surface area contributed by atoms with Crippen LogP contribution < -0.4 is 15.8 Å². The predicted molar refractivity (Wildman–Crippen MR) is 88.0 cm³/mol. The molecule has 0 fully saturated rings. The fourth-order valence-corrected chi connectivity index (χ4v) is 1.95. The van der Waals surface area contributed by atoms with Crippen molar-refractivity contribution in [1.29, 1.82) is 0 Å². The zero-order valence-corrected chi connectivity index (χ0v) is 13.3. The normalized spacial score (nSPS) is 13.4. The molecule has 0 saturated carbocycles. The first-order valence-electron chi connectivity index (χ1n) is 7.53. The minimum Gasteiger partial charge on any atom is -0.491 e. The van der Waals surface area contributed by atoms with E-state index in [1.165, 1.54) is 11.9 Å². The van der Waals surface area contributed by atoms with Crippen molar-refractivity contribution in [2.24, 2.45) is 0 Å². The summed E-state index contributed by atoms with van der Waals surface area (Å²) in [6.07, 6.45) is 2.63. The molecule has 0 spiro atoms. The molecule has 1 heterocycles. The molecule has 2 rings (SSSR count). The van der Waals surface area contributed by atoms with Gasteiger partial charge in [-0.3, -0.25) is 0 Å². The Bertz CT molecular complexity index is 587. The maximum absolute atomic E-state index is 5.78. The van der Waals surface area contributed by atoms with Crippen molar-refractivity contribution < 1.29 is 4.74 Å². The summed E-state index contributed by atoms with van der Waals surface area (Å²) in [5, 5.41) is 3.17. The average Bonchev–Trinajstić information content (AvgIpc) is 2.53. The van der Waals surface area contributed by atoms with E-state index < -0.39 is 0 Å². The van der Waals surface area contributed by atoms with Crippen LogP contribution in [0.25, 0.3) is 0 Å². The first-order chi connectivity index (χ1) is 10.6. The van der Waals surface area contributed by atoms with Gasteiger partial charge < -0.3 is 15.8 Å². The monoisotopic (exact) mass is 301 g/mol. The molecule has 0 unspecified atom stereocenters. The van der Waals surface area contributed by atoms with E-state index in [-0.39, 0.29) is 12.1 Å². The van der Waals surface area contributed by atoms with Crippen molar-refractivity contribution in [3.05, 3.63) is 36.2 Å². The second-order valence-corrected chi connectivity index (χ2v) is 5.35. The van der Waals surface area contributed by atoms with E-state index in [1.807, 2.05) is 12.1 Å². The molecule has 2 atom stereocenters.